The lowest BCUT2D eigenvalue weighted by Gasteiger charge is -2.10. The van der Waals surface area contributed by atoms with E-state index in [9.17, 15) is 14.4 Å². The number of hydrogen-bond donors (Lipinski definition) is 2. The molecule has 0 spiro atoms. The summed E-state index contributed by atoms with van der Waals surface area (Å²) in [7, 11) is 3.23. The van der Waals surface area contributed by atoms with E-state index in [-0.39, 0.29) is 12.3 Å². The molecule has 0 fully saturated rings. The SMILES string of the molecule is CN=C(c1nc(CSCCCC(=O)NC(=O)CO)cs1)N(C)C=O. The van der Waals surface area contributed by atoms with Crippen molar-refractivity contribution in [2.45, 2.75) is 18.6 Å². The average molecular weight is 372 g/mol. The Kier molecular flexibility index (Phi) is 9.20. The highest BCUT2D eigenvalue weighted by Gasteiger charge is 2.12. The largest absolute Gasteiger partial charge is 0.387 e. The number of aliphatic hydroxyl groups excluding tert-OH is 1. The van der Waals surface area contributed by atoms with Crippen molar-refractivity contribution in [1.82, 2.24) is 15.2 Å². The molecule has 0 bridgehead atoms. The summed E-state index contributed by atoms with van der Waals surface area (Å²) in [6, 6.07) is 0. The Morgan fingerprint density at radius 1 is 1.50 bits per heavy atom. The van der Waals surface area contributed by atoms with Gasteiger partial charge in [0.1, 0.15) is 6.61 Å². The number of nitrogens with one attached hydrogen (secondary N) is 1. The number of thioether (sulfide) groups is 1. The lowest BCUT2D eigenvalue weighted by atomic mass is 10.3. The minimum atomic E-state index is -0.686. The summed E-state index contributed by atoms with van der Waals surface area (Å²) in [6.07, 6.45) is 1.55. The molecule has 0 atom stereocenters. The minimum absolute atomic E-state index is 0.234. The smallest absolute Gasteiger partial charge is 0.252 e. The van der Waals surface area contributed by atoms with Gasteiger partial charge in [0, 0.05) is 31.6 Å². The molecule has 0 radical (unpaired) electrons. The summed E-state index contributed by atoms with van der Waals surface area (Å²) in [5, 5.41) is 13.2. The van der Waals surface area contributed by atoms with Crippen LogP contribution in [0.2, 0.25) is 0 Å². The molecule has 0 saturated heterocycles. The molecule has 0 aliphatic carbocycles. The number of aliphatic imine (C=N–C) groups is 1. The van der Waals surface area contributed by atoms with Gasteiger partial charge >= 0.3 is 0 Å². The molecular formula is C14H20N4O4S2. The topological polar surface area (TPSA) is 112 Å². The number of imide groups is 1. The molecule has 0 saturated carbocycles. The lowest BCUT2D eigenvalue weighted by molar-refractivity contribution is -0.132. The Morgan fingerprint density at radius 3 is 2.88 bits per heavy atom. The van der Waals surface area contributed by atoms with Crippen molar-refractivity contribution in [1.29, 1.82) is 0 Å². The number of rotatable bonds is 9. The molecule has 3 amide bonds. The molecule has 1 rings (SSSR count). The quantitative estimate of drug-likeness (QED) is 0.278. The first-order valence-corrected chi connectivity index (χ1v) is 9.16. The fourth-order valence-corrected chi connectivity index (χ4v) is 3.55. The third-order valence-corrected chi connectivity index (χ3v) is 4.78. The molecule has 1 heterocycles. The third-order valence-electron chi connectivity index (χ3n) is 2.81. The van der Waals surface area contributed by atoms with E-state index >= 15 is 0 Å². The number of amides is 3. The molecular weight excluding hydrogens is 352 g/mol. The second kappa shape index (κ2) is 10.9. The van der Waals surface area contributed by atoms with Crippen LogP contribution in [0.4, 0.5) is 0 Å². The molecule has 0 unspecified atom stereocenters. The fourth-order valence-electron chi connectivity index (χ4n) is 1.70. The maximum Gasteiger partial charge on any atom is 0.252 e. The van der Waals surface area contributed by atoms with Gasteiger partial charge in [0.2, 0.25) is 12.3 Å². The van der Waals surface area contributed by atoms with E-state index in [1.165, 1.54) is 16.2 Å². The summed E-state index contributed by atoms with van der Waals surface area (Å²) in [5.41, 5.74) is 0.889. The summed E-state index contributed by atoms with van der Waals surface area (Å²) in [4.78, 5) is 42.9. The Balaban J connectivity index is 2.33. The summed E-state index contributed by atoms with van der Waals surface area (Å²) in [6.45, 7) is -0.686. The van der Waals surface area contributed by atoms with E-state index in [0.29, 0.717) is 29.4 Å². The van der Waals surface area contributed by atoms with Crippen molar-refractivity contribution in [3.63, 3.8) is 0 Å². The van der Waals surface area contributed by atoms with Crippen LogP contribution in [0.5, 0.6) is 0 Å². The second-order valence-corrected chi connectivity index (χ2v) is 6.66. The molecule has 24 heavy (non-hydrogen) atoms. The first kappa shape index (κ1) is 20.3. The number of amidine groups is 1. The van der Waals surface area contributed by atoms with Gasteiger partial charge in [-0.2, -0.15) is 11.8 Å². The van der Waals surface area contributed by atoms with Crippen molar-refractivity contribution >= 4 is 47.2 Å². The average Bonchev–Trinajstić information content (AvgIpc) is 3.03. The van der Waals surface area contributed by atoms with Crippen molar-refractivity contribution in [2.75, 3.05) is 26.5 Å². The number of hydrogen-bond acceptors (Lipinski definition) is 8. The number of carbonyl (C=O) groups is 3. The van der Waals surface area contributed by atoms with E-state index in [1.807, 2.05) is 5.38 Å². The van der Waals surface area contributed by atoms with E-state index < -0.39 is 12.5 Å². The second-order valence-electron chi connectivity index (χ2n) is 4.69. The van der Waals surface area contributed by atoms with Crippen LogP contribution in [-0.2, 0) is 20.1 Å². The number of carbonyl (C=O) groups excluding carboxylic acids is 3. The van der Waals surface area contributed by atoms with Gasteiger partial charge in [-0.1, -0.05) is 0 Å². The zero-order valence-electron chi connectivity index (χ0n) is 13.5. The maximum absolute atomic E-state index is 11.3. The van der Waals surface area contributed by atoms with Crippen molar-refractivity contribution < 1.29 is 19.5 Å². The molecule has 1 aromatic rings. The molecule has 0 aliphatic heterocycles. The summed E-state index contributed by atoms with van der Waals surface area (Å²) in [5.74, 6) is 0.894. The number of nitrogens with zero attached hydrogens (tertiary/aromatic N) is 3. The van der Waals surface area contributed by atoms with Crippen LogP contribution < -0.4 is 5.32 Å². The van der Waals surface area contributed by atoms with Crippen LogP contribution >= 0.6 is 23.1 Å². The summed E-state index contributed by atoms with van der Waals surface area (Å²) < 4.78 is 0. The van der Waals surface area contributed by atoms with E-state index in [4.69, 9.17) is 5.11 Å². The zero-order chi connectivity index (χ0) is 17.9. The Hall–Kier alpha value is -1.78. The Bertz CT molecular complexity index is 603. The number of aliphatic hydroxyl groups is 1. The highest BCUT2D eigenvalue weighted by Crippen LogP contribution is 2.18. The fraction of sp³-hybridized carbons (Fsp3) is 0.500. The highest BCUT2D eigenvalue weighted by atomic mass is 32.2. The van der Waals surface area contributed by atoms with Crippen molar-refractivity contribution in [3.05, 3.63) is 16.1 Å². The standard InChI is InChI=1S/C14H20N4O4S2/c1-15-13(18(2)9-20)14-16-10(8-24-14)7-23-5-3-4-11(21)17-12(22)6-19/h8-9,19H,3-7H2,1-2H3,(H,17,21,22). The first-order valence-electron chi connectivity index (χ1n) is 7.12. The van der Waals surface area contributed by atoms with E-state index in [1.54, 1.807) is 25.9 Å². The van der Waals surface area contributed by atoms with Gasteiger partial charge in [0.15, 0.2) is 10.8 Å². The van der Waals surface area contributed by atoms with Gasteiger partial charge in [-0.15, -0.1) is 11.3 Å². The van der Waals surface area contributed by atoms with Gasteiger partial charge in [-0.3, -0.25) is 24.7 Å². The van der Waals surface area contributed by atoms with Crippen molar-refractivity contribution in [3.8, 4) is 0 Å². The minimum Gasteiger partial charge on any atom is -0.387 e. The van der Waals surface area contributed by atoms with Crippen LogP contribution in [0.3, 0.4) is 0 Å². The van der Waals surface area contributed by atoms with Crippen LogP contribution in [0.25, 0.3) is 0 Å². The third kappa shape index (κ3) is 6.77. The number of thiazole rings is 1. The van der Waals surface area contributed by atoms with Crippen LogP contribution in [0.15, 0.2) is 10.4 Å². The zero-order valence-corrected chi connectivity index (χ0v) is 15.2. The lowest BCUT2D eigenvalue weighted by Crippen LogP contribution is -2.32. The van der Waals surface area contributed by atoms with Crippen molar-refractivity contribution in [2.24, 2.45) is 4.99 Å². The van der Waals surface area contributed by atoms with E-state index in [2.05, 4.69) is 15.3 Å². The highest BCUT2D eigenvalue weighted by molar-refractivity contribution is 7.98. The molecule has 10 heteroatoms. The van der Waals surface area contributed by atoms with Gasteiger partial charge in [-0.25, -0.2) is 4.98 Å². The monoisotopic (exact) mass is 372 g/mol. The Labute approximate surface area is 148 Å². The molecule has 0 aliphatic rings. The van der Waals surface area contributed by atoms with Crippen LogP contribution in [0.1, 0.15) is 23.5 Å². The molecule has 1 aromatic heterocycles. The first-order chi connectivity index (χ1) is 11.5. The summed E-state index contributed by atoms with van der Waals surface area (Å²) >= 11 is 3.05. The molecule has 2 N–H and O–H groups in total. The van der Waals surface area contributed by atoms with Crippen LogP contribution in [-0.4, -0.2) is 65.5 Å². The van der Waals surface area contributed by atoms with E-state index in [0.717, 1.165) is 11.4 Å². The predicted octanol–water partition coefficient (Wildman–Crippen LogP) is 0.256. The predicted molar refractivity (Wildman–Crippen MR) is 94.0 cm³/mol. The number of aromatic nitrogens is 1. The molecule has 132 valence electrons. The van der Waals surface area contributed by atoms with Gasteiger partial charge in [0.05, 0.1) is 5.69 Å². The van der Waals surface area contributed by atoms with Crippen LogP contribution in [0, 0.1) is 0 Å². The van der Waals surface area contributed by atoms with Gasteiger partial charge in [-0.05, 0) is 12.2 Å². The maximum atomic E-state index is 11.3. The van der Waals surface area contributed by atoms with Gasteiger partial charge < -0.3 is 10.0 Å². The molecule has 0 aromatic carbocycles. The normalized spacial score (nSPS) is 11.2. The Morgan fingerprint density at radius 2 is 2.25 bits per heavy atom. The molecule has 8 nitrogen and oxygen atoms in total. The van der Waals surface area contributed by atoms with Gasteiger partial charge in [0.25, 0.3) is 5.91 Å².